The van der Waals surface area contributed by atoms with Crippen molar-refractivity contribution < 1.29 is 14.1 Å². The summed E-state index contributed by atoms with van der Waals surface area (Å²) in [5.74, 6) is -1.47. The molecule has 0 bridgehead atoms. The van der Waals surface area contributed by atoms with Crippen LogP contribution in [0.25, 0.3) is 10.2 Å². The summed E-state index contributed by atoms with van der Waals surface area (Å²) in [5.41, 5.74) is 0.252. The molecular weight excluding hydrogens is 333 g/mol. The lowest BCUT2D eigenvalue weighted by molar-refractivity contribution is -0.385. The second-order valence-corrected chi connectivity index (χ2v) is 6.27. The summed E-state index contributed by atoms with van der Waals surface area (Å²) >= 11 is 1.46. The van der Waals surface area contributed by atoms with E-state index in [9.17, 15) is 19.3 Å². The van der Waals surface area contributed by atoms with Crippen LogP contribution in [-0.4, -0.2) is 27.8 Å². The maximum atomic E-state index is 14.0. The van der Waals surface area contributed by atoms with Gasteiger partial charge in [-0.25, -0.2) is 9.37 Å². The first-order valence-corrected chi connectivity index (χ1v) is 7.81. The van der Waals surface area contributed by atoms with Gasteiger partial charge in [-0.05, 0) is 18.2 Å². The third-order valence-corrected chi connectivity index (χ3v) is 4.47. The number of fused-ring (bicyclic) bond motifs is 1. The van der Waals surface area contributed by atoms with Crippen LogP contribution in [0.2, 0.25) is 0 Å². The highest BCUT2D eigenvalue weighted by molar-refractivity contribution is 7.18. The Balaban J connectivity index is 1.80. The number of hydrogen-bond acceptors (Lipinski definition) is 5. The predicted octanol–water partition coefficient (Wildman–Crippen LogP) is 3.62. The first-order valence-electron chi connectivity index (χ1n) is 6.99. The minimum absolute atomic E-state index is 0.204. The van der Waals surface area contributed by atoms with Gasteiger partial charge >= 0.3 is 0 Å². The number of nitro benzene ring substituents is 1. The number of carbonyl (C=O) groups excluding carboxylic acids is 1. The van der Waals surface area contributed by atoms with Gasteiger partial charge in [-0.2, -0.15) is 0 Å². The summed E-state index contributed by atoms with van der Waals surface area (Å²) in [6.07, 6.45) is 0. The van der Waals surface area contributed by atoms with Crippen LogP contribution >= 0.6 is 11.3 Å². The maximum Gasteiger partial charge on any atom is 0.272 e. The van der Waals surface area contributed by atoms with Crippen molar-refractivity contribution in [3.8, 4) is 0 Å². The van der Waals surface area contributed by atoms with E-state index in [0.717, 1.165) is 33.4 Å². The lowest BCUT2D eigenvalue weighted by atomic mass is 10.1. The summed E-state index contributed by atoms with van der Waals surface area (Å²) in [7, 11) is 1.54. The molecule has 0 fully saturated rings. The first-order chi connectivity index (χ1) is 11.5. The standard InChI is InChI=1S/C16H12FN3O3S/c1-19(9-15-18-13-4-2-3-5-14(13)24-15)16(21)11-7-6-10(20(22)23)8-12(11)17/h2-8H,9H2,1H3. The fraction of sp³-hybridized carbons (Fsp3) is 0.125. The van der Waals surface area contributed by atoms with E-state index in [1.54, 1.807) is 0 Å². The third kappa shape index (κ3) is 3.09. The van der Waals surface area contributed by atoms with Crippen LogP contribution in [-0.2, 0) is 6.54 Å². The van der Waals surface area contributed by atoms with Gasteiger partial charge in [0.2, 0.25) is 0 Å². The van der Waals surface area contributed by atoms with Crippen molar-refractivity contribution in [1.82, 2.24) is 9.88 Å². The number of rotatable bonds is 4. The Kier molecular flexibility index (Phi) is 4.22. The van der Waals surface area contributed by atoms with Crippen molar-refractivity contribution in [3.63, 3.8) is 0 Å². The minimum atomic E-state index is -0.912. The average Bonchev–Trinajstić information content (AvgIpc) is 2.96. The van der Waals surface area contributed by atoms with E-state index in [-0.39, 0.29) is 12.1 Å². The highest BCUT2D eigenvalue weighted by Crippen LogP contribution is 2.23. The van der Waals surface area contributed by atoms with Crippen molar-refractivity contribution in [1.29, 1.82) is 0 Å². The number of nitro groups is 1. The summed E-state index contributed by atoms with van der Waals surface area (Å²) in [6, 6.07) is 10.6. The van der Waals surface area contributed by atoms with E-state index >= 15 is 0 Å². The quantitative estimate of drug-likeness (QED) is 0.534. The molecule has 0 atom stereocenters. The number of aromatic nitrogens is 1. The van der Waals surface area contributed by atoms with Crippen molar-refractivity contribution >= 4 is 33.1 Å². The van der Waals surface area contributed by atoms with Crippen LogP contribution in [0.5, 0.6) is 0 Å². The fourth-order valence-electron chi connectivity index (χ4n) is 2.26. The predicted molar refractivity (Wildman–Crippen MR) is 88.5 cm³/mol. The number of non-ortho nitro benzene ring substituents is 1. The van der Waals surface area contributed by atoms with Crippen molar-refractivity contribution in [2.75, 3.05) is 7.05 Å². The van der Waals surface area contributed by atoms with Crippen molar-refractivity contribution in [2.24, 2.45) is 0 Å². The van der Waals surface area contributed by atoms with Gasteiger partial charge in [-0.15, -0.1) is 11.3 Å². The molecule has 0 aliphatic rings. The molecule has 0 N–H and O–H groups in total. The number of benzene rings is 2. The highest BCUT2D eigenvalue weighted by atomic mass is 32.1. The molecule has 3 aromatic rings. The first kappa shape index (κ1) is 16.0. The fourth-order valence-corrected chi connectivity index (χ4v) is 3.28. The molecule has 8 heteroatoms. The molecule has 0 aliphatic carbocycles. The Labute approximate surface area is 140 Å². The monoisotopic (exact) mass is 345 g/mol. The SMILES string of the molecule is CN(Cc1nc2ccccc2s1)C(=O)c1ccc([N+](=O)[O-])cc1F. The maximum absolute atomic E-state index is 14.0. The molecule has 2 aromatic carbocycles. The van der Waals surface area contributed by atoms with Gasteiger partial charge in [0.05, 0.1) is 33.3 Å². The number of para-hydroxylation sites is 1. The Bertz CT molecular complexity index is 908. The molecule has 0 spiro atoms. The minimum Gasteiger partial charge on any atom is -0.335 e. The normalized spacial score (nSPS) is 10.8. The number of halogens is 1. The molecule has 1 aromatic heterocycles. The molecule has 24 heavy (non-hydrogen) atoms. The van der Waals surface area contributed by atoms with Crippen LogP contribution in [0, 0.1) is 15.9 Å². The second-order valence-electron chi connectivity index (χ2n) is 5.16. The van der Waals surface area contributed by atoms with E-state index in [0.29, 0.717) is 0 Å². The largest absolute Gasteiger partial charge is 0.335 e. The summed E-state index contributed by atoms with van der Waals surface area (Å²) in [4.78, 5) is 28.0. The molecule has 0 radical (unpaired) electrons. The summed E-state index contributed by atoms with van der Waals surface area (Å²) in [6.45, 7) is 0.231. The van der Waals surface area contributed by atoms with E-state index in [2.05, 4.69) is 4.98 Å². The summed E-state index contributed by atoms with van der Waals surface area (Å²) in [5, 5.41) is 11.4. The molecule has 1 heterocycles. The van der Waals surface area contributed by atoms with Crippen molar-refractivity contribution in [3.05, 3.63) is 69.0 Å². The zero-order chi connectivity index (χ0) is 17.3. The smallest absolute Gasteiger partial charge is 0.272 e. The number of thiazole rings is 1. The molecule has 0 saturated carbocycles. The highest BCUT2D eigenvalue weighted by Gasteiger charge is 2.20. The van der Waals surface area contributed by atoms with Crippen LogP contribution in [0.4, 0.5) is 10.1 Å². The topological polar surface area (TPSA) is 76.3 Å². The van der Waals surface area contributed by atoms with Crippen LogP contribution in [0.1, 0.15) is 15.4 Å². The molecule has 122 valence electrons. The molecular formula is C16H12FN3O3S. The lowest BCUT2D eigenvalue weighted by Crippen LogP contribution is -2.27. The lowest BCUT2D eigenvalue weighted by Gasteiger charge is -2.15. The average molecular weight is 345 g/mol. The second kappa shape index (κ2) is 6.32. The Hall–Kier alpha value is -2.87. The zero-order valence-corrected chi connectivity index (χ0v) is 13.4. The third-order valence-electron chi connectivity index (χ3n) is 3.45. The van der Waals surface area contributed by atoms with E-state index in [1.807, 2.05) is 24.3 Å². The Morgan fingerprint density at radius 1 is 1.33 bits per heavy atom. The molecule has 6 nitrogen and oxygen atoms in total. The van der Waals surface area contributed by atoms with Crippen LogP contribution < -0.4 is 0 Å². The molecule has 0 saturated heterocycles. The van der Waals surface area contributed by atoms with E-state index in [4.69, 9.17) is 0 Å². The van der Waals surface area contributed by atoms with Gasteiger partial charge in [0.15, 0.2) is 0 Å². The van der Waals surface area contributed by atoms with Gasteiger partial charge in [0.1, 0.15) is 10.8 Å². The van der Waals surface area contributed by atoms with Crippen LogP contribution in [0.15, 0.2) is 42.5 Å². The van der Waals surface area contributed by atoms with E-state index in [1.165, 1.54) is 23.3 Å². The number of hydrogen-bond donors (Lipinski definition) is 0. The molecule has 0 unspecified atom stereocenters. The number of amides is 1. The summed E-state index contributed by atoms with van der Waals surface area (Å²) < 4.78 is 15.0. The number of carbonyl (C=O) groups is 1. The Morgan fingerprint density at radius 3 is 2.75 bits per heavy atom. The van der Waals surface area contributed by atoms with Gasteiger partial charge in [0, 0.05) is 13.1 Å². The van der Waals surface area contributed by atoms with Gasteiger partial charge < -0.3 is 4.90 Å². The molecule has 1 amide bonds. The van der Waals surface area contributed by atoms with Gasteiger partial charge in [0.25, 0.3) is 11.6 Å². The van der Waals surface area contributed by atoms with E-state index < -0.39 is 22.3 Å². The van der Waals surface area contributed by atoms with Crippen LogP contribution in [0.3, 0.4) is 0 Å². The number of nitrogens with zero attached hydrogens (tertiary/aromatic N) is 3. The molecule has 0 aliphatic heterocycles. The van der Waals surface area contributed by atoms with Crippen molar-refractivity contribution in [2.45, 2.75) is 6.54 Å². The van der Waals surface area contributed by atoms with Gasteiger partial charge in [-0.1, -0.05) is 12.1 Å². The van der Waals surface area contributed by atoms with Gasteiger partial charge in [-0.3, -0.25) is 14.9 Å². The Morgan fingerprint density at radius 2 is 2.08 bits per heavy atom. The molecule has 3 rings (SSSR count). The zero-order valence-electron chi connectivity index (χ0n) is 12.6.